The average Bonchev–Trinajstić information content (AvgIpc) is 3.45. The van der Waals surface area contributed by atoms with Gasteiger partial charge in [-0.2, -0.15) is 0 Å². The van der Waals surface area contributed by atoms with Crippen molar-refractivity contribution in [1.82, 2.24) is 19.9 Å². The van der Waals surface area contributed by atoms with Crippen molar-refractivity contribution in [3.05, 3.63) is 48.8 Å². The van der Waals surface area contributed by atoms with Gasteiger partial charge < -0.3 is 5.32 Å². The van der Waals surface area contributed by atoms with Crippen molar-refractivity contribution < 1.29 is 0 Å². The summed E-state index contributed by atoms with van der Waals surface area (Å²) in [5, 5.41) is 4.81. The largest absolute Gasteiger partial charge is 0.365 e. The topological polar surface area (TPSA) is 53.9 Å². The van der Waals surface area contributed by atoms with Gasteiger partial charge in [0.05, 0.1) is 5.52 Å². The molecule has 5 nitrogen and oxygen atoms in total. The Hall–Kier alpha value is -2.53. The van der Waals surface area contributed by atoms with E-state index in [0.29, 0.717) is 12.1 Å². The summed E-state index contributed by atoms with van der Waals surface area (Å²) in [5.41, 5.74) is 1.97. The molecule has 0 amide bonds. The van der Waals surface area contributed by atoms with Gasteiger partial charge in [0.25, 0.3) is 0 Å². The number of para-hydroxylation sites is 1. The van der Waals surface area contributed by atoms with Gasteiger partial charge in [-0.25, -0.2) is 9.97 Å². The molecule has 1 aliphatic heterocycles. The first-order chi connectivity index (χ1) is 12.8. The molecule has 3 aromatic rings. The molecule has 2 fully saturated rings. The van der Waals surface area contributed by atoms with Crippen molar-refractivity contribution in [3.63, 3.8) is 0 Å². The number of benzene rings is 1. The summed E-state index contributed by atoms with van der Waals surface area (Å²) in [6.07, 6.45) is 7.46. The predicted molar refractivity (Wildman–Crippen MR) is 104 cm³/mol. The Balaban J connectivity index is 1.50. The third kappa shape index (κ3) is 2.92. The molecule has 2 atom stereocenters. The number of rotatable bonds is 4. The van der Waals surface area contributed by atoms with Crippen molar-refractivity contribution in [2.45, 2.75) is 44.3 Å². The van der Waals surface area contributed by atoms with Crippen LogP contribution in [0.3, 0.4) is 0 Å². The van der Waals surface area contributed by atoms with Gasteiger partial charge in [0, 0.05) is 48.0 Å². The minimum Gasteiger partial charge on any atom is -0.365 e. The van der Waals surface area contributed by atoms with Crippen LogP contribution in [0.25, 0.3) is 22.3 Å². The van der Waals surface area contributed by atoms with E-state index in [9.17, 15) is 0 Å². The van der Waals surface area contributed by atoms with Crippen molar-refractivity contribution >= 4 is 16.7 Å². The van der Waals surface area contributed by atoms with Gasteiger partial charge in [-0.15, -0.1) is 0 Å². The normalized spacial score (nSPS) is 23.4. The first kappa shape index (κ1) is 15.7. The van der Waals surface area contributed by atoms with E-state index in [1.54, 1.807) is 12.4 Å². The molecule has 2 aliphatic rings. The summed E-state index contributed by atoms with van der Waals surface area (Å²) in [5.74, 6) is 1.69. The van der Waals surface area contributed by atoms with E-state index >= 15 is 0 Å². The molecule has 26 heavy (non-hydrogen) atoms. The van der Waals surface area contributed by atoms with Crippen LogP contribution < -0.4 is 5.32 Å². The lowest BCUT2D eigenvalue weighted by Crippen LogP contribution is -2.31. The highest BCUT2D eigenvalue weighted by atomic mass is 15.3. The lowest BCUT2D eigenvalue weighted by atomic mass is 10.1. The zero-order valence-electron chi connectivity index (χ0n) is 15.0. The lowest BCUT2D eigenvalue weighted by Gasteiger charge is -2.20. The number of nitrogens with one attached hydrogen (secondary N) is 1. The number of fused-ring (bicyclic) bond motifs is 1. The molecule has 2 aromatic heterocycles. The van der Waals surface area contributed by atoms with Crippen molar-refractivity contribution in [2.75, 3.05) is 11.9 Å². The Labute approximate surface area is 153 Å². The van der Waals surface area contributed by atoms with Crippen LogP contribution in [0.5, 0.6) is 0 Å². The highest BCUT2D eigenvalue weighted by Gasteiger charge is 2.38. The van der Waals surface area contributed by atoms with Crippen LogP contribution in [-0.2, 0) is 0 Å². The number of nitrogens with zero attached hydrogens (tertiary/aromatic N) is 4. The van der Waals surface area contributed by atoms with Gasteiger partial charge in [0.1, 0.15) is 5.82 Å². The van der Waals surface area contributed by atoms with E-state index in [4.69, 9.17) is 9.97 Å². The summed E-state index contributed by atoms with van der Waals surface area (Å²) in [6.45, 7) is 3.45. The van der Waals surface area contributed by atoms with Crippen LogP contribution >= 0.6 is 0 Å². The fourth-order valence-corrected chi connectivity index (χ4v) is 4.09. The second-order valence-electron chi connectivity index (χ2n) is 7.50. The first-order valence-corrected chi connectivity index (χ1v) is 9.47. The molecule has 1 saturated carbocycles. The van der Waals surface area contributed by atoms with Crippen molar-refractivity contribution in [1.29, 1.82) is 0 Å². The summed E-state index contributed by atoms with van der Waals surface area (Å²) < 4.78 is 0. The molecule has 0 bridgehead atoms. The zero-order chi connectivity index (χ0) is 17.5. The Kier molecular flexibility index (Phi) is 3.82. The summed E-state index contributed by atoms with van der Waals surface area (Å²) in [6, 6.07) is 14.1. The van der Waals surface area contributed by atoms with Crippen molar-refractivity contribution in [3.8, 4) is 11.4 Å². The fraction of sp³-hybridized carbons (Fsp3) is 0.381. The zero-order valence-corrected chi connectivity index (χ0v) is 15.0. The second kappa shape index (κ2) is 6.32. The summed E-state index contributed by atoms with van der Waals surface area (Å²) in [4.78, 5) is 16.4. The Morgan fingerprint density at radius 2 is 1.85 bits per heavy atom. The van der Waals surface area contributed by atoms with E-state index < -0.39 is 0 Å². The van der Waals surface area contributed by atoms with Crippen LogP contribution in [-0.4, -0.2) is 44.5 Å². The van der Waals surface area contributed by atoms with Gasteiger partial charge in [0.2, 0.25) is 0 Å². The van der Waals surface area contributed by atoms with E-state index in [1.165, 1.54) is 19.3 Å². The van der Waals surface area contributed by atoms with Gasteiger partial charge in [-0.1, -0.05) is 12.1 Å². The van der Waals surface area contributed by atoms with Gasteiger partial charge in [0.15, 0.2) is 5.82 Å². The highest BCUT2D eigenvalue weighted by Crippen LogP contribution is 2.34. The molecule has 2 unspecified atom stereocenters. The maximum Gasteiger partial charge on any atom is 0.162 e. The quantitative estimate of drug-likeness (QED) is 0.781. The number of hydrogen-bond acceptors (Lipinski definition) is 5. The smallest absolute Gasteiger partial charge is 0.162 e. The number of likely N-dealkylation sites (tertiary alicyclic amines) is 1. The number of aromatic nitrogens is 3. The molecular weight excluding hydrogens is 322 g/mol. The monoisotopic (exact) mass is 345 g/mol. The van der Waals surface area contributed by atoms with Crippen LogP contribution in [0.4, 0.5) is 5.82 Å². The van der Waals surface area contributed by atoms with E-state index in [1.807, 2.05) is 18.2 Å². The van der Waals surface area contributed by atoms with Gasteiger partial charge in [-0.3, -0.25) is 9.88 Å². The summed E-state index contributed by atoms with van der Waals surface area (Å²) >= 11 is 0. The average molecular weight is 345 g/mol. The standard InChI is InChI=1S/C21H23N5/c1-14-12-16(13-26(14)17-6-7-17)23-21-18-4-2-3-5-19(18)24-20(25-21)15-8-10-22-11-9-15/h2-5,8-11,14,16-17H,6-7,12-13H2,1H3,(H,23,24,25). The van der Waals surface area contributed by atoms with Gasteiger partial charge in [-0.05, 0) is 50.5 Å². The Bertz CT molecular complexity index is 922. The third-order valence-corrected chi connectivity index (χ3v) is 5.52. The van der Waals surface area contributed by atoms with Crippen LogP contribution in [0, 0.1) is 0 Å². The van der Waals surface area contributed by atoms with Crippen LogP contribution in [0.15, 0.2) is 48.8 Å². The lowest BCUT2D eigenvalue weighted by molar-refractivity contribution is 0.257. The molecule has 1 saturated heterocycles. The van der Waals surface area contributed by atoms with Crippen molar-refractivity contribution in [2.24, 2.45) is 0 Å². The molecule has 0 radical (unpaired) electrons. The number of hydrogen-bond donors (Lipinski definition) is 1. The molecule has 0 spiro atoms. The van der Waals surface area contributed by atoms with E-state index in [2.05, 4.69) is 40.3 Å². The highest BCUT2D eigenvalue weighted by molar-refractivity contribution is 5.90. The number of pyridine rings is 1. The van der Waals surface area contributed by atoms with E-state index in [-0.39, 0.29) is 0 Å². The molecule has 5 rings (SSSR count). The second-order valence-corrected chi connectivity index (χ2v) is 7.50. The fourth-order valence-electron chi connectivity index (χ4n) is 4.09. The Morgan fingerprint density at radius 3 is 2.65 bits per heavy atom. The molecule has 3 heterocycles. The minimum atomic E-state index is 0.439. The minimum absolute atomic E-state index is 0.439. The van der Waals surface area contributed by atoms with E-state index in [0.717, 1.165) is 40.7 Å². The van der Waals surface area contributed by atoms with Gasteiger partial charge >= 0.3 is 0 Å². The summed E-state index contributed by atoms with van der Waals surface area (Å²) in [7, 11) is 0. The molecule has 1 aromatic carbocycles. The Morgan fingerprint density at radius 1 is 1.04 bits per heavy atom. The predicted octanol–water partition coefficient (Wildman–Crippen LogP) is 3.73. The maximum atomic E-state index is 4.88. The first-order valence-electron chi connectivity index (χ1n) is 9.47. The third-order valence-electron chi connectivity index (χ3n) is 5.52. The molecule has 132 valence electrons. The van der Waals surface area contributed by atoms with Crippen LogP contribution in [0.1, 0.15) is 26.2 Å². The molecular formula is C21H23N5. The number of anilines is 1. The SMILES string of the molecule is CC1CC(Nc2nc(-c3ccncc3)nc3ccccc23)CN1C1CC1. The van der Waals surface area contributed by atoms with Crippen LogP contribution in [0.2, 0.25) is 0 Å². The molecule has 5 heteroatoms. The molecule has 1 N–H and O–H groups in total. The molecule has 1 aliphatic carbocycles. The maximum absolute atomic E-state index is 4.88.